The van der Waals surface area contributed by atoms with Crippen molar-refractivity contribution in [3.63, 3.8) is 0 Å². The van der Waals surface area contributed by atoms with Gasteiger partial charge < -0.3 is 16.4 Å². The maximum Gasteiger partial charge on any atom is 0.257 e. The van der Waals surface area contributed by atoms with Gasteiger partial charge in [-0.3, -0.25) is 4.79 Å². The molecule has 4 heteroatoms. The molecule has 2 aromatic carbocycles. The minimum absolute atomic E-state index is 0.0919. The van der Waals surface area contributed by atoms with Crippen molar-refractivity contribution in [2.75, 3.05) is 16.4 Å². The van der Waals surface area contributed by atoms with E-state index in [9.17, 15) is 4.79 Å². The van der Waals surface area contributed by atoms with Crippen LogP contribution in [0, 0.1) is 6.92 Å². The Kier molecular flexibility index (Phi) is 2.91. The van der Waals surface area contributed by atoms with Crippen LogP contribution < -0.4 is 16.4 Å². The first-order chi connectivity index (χ1) is 9.65. The Morgan fingerprint density at radius 2 is 2.00 bits per heavy atom. The molecule has 0 fully saturated rings. The highest BCUT2D eigenvalue weighted by Crippen LogP contribution is 2.34. The number of hydrogen-bond acceptors (Lipinski definition) is 3. The van der Waals surface area contributed by atoms with Crippen LogP contribution >= 0.6 is 0 Å². The van der Waals surface area contributed by atoms with Crippen LogP contribution in [0.5, 0.6) is 0 Å². The number of nitrogens with one attached hydrogen (secondary N) is 2. The Morgan fingerprint density at radius 1 is 1.20 bits per heavy atom. The monoisotopic (exact) mass is 265 g/mol. The summed E-state index contributed by atoms with van der Waals surface area (Å²) in [5.41, 5.74) is 10.8. The molecule has 0 saturated heterocycles. The van der Waals surface area contributed by atoms with E-state index in [2.05, 4.69) is 10.6 Å². The van der Waals surface area contributed by atoms with Gasteiger partial charge in [0.1, 0.15) is 0 Å². The number of aryl methyl sites for hydroxylation is 1. The Bertz CT molecular complexity index is 719. The summed E-state index contributed by atoms with van der Waals surface area (Å²) in [5.74, 6) is -0.0919. The van der Waals surface area contributed by atoms with E-state index in [4.69, 9.17) is 5.73 Å². The van der Waals surface area contributed by atoms with Crippen LogP contribution in [-0.2, 0) is 4.79 Å². The van der Waals surface area contributed by atoms with E-state index < -0.39 is 0 Å². The number of nitrogens with two attached hydrogens (primary N) is 1. The quantitative estimate of drug-likeness (QED) is 0.577. The zero-order valence-corrected chi connectivity index (χ0v) is 11.1. The Balaban J connectivity index is 1.95. The molecule has 4 N–H and O–H groups in total. The third-order valence-electron chi connectivity index (χ3n) is 3.30. The Morgan fingerprint density at radius 3 is 2.80 bits per heavy atom. The lowest BCUT2D eigenvalue weighted by molar-refractivity contribution is -0.110. The number of carbonyl (C=O) groups is 1. The summed E-state index contributed by atoms with van der Waals surface area (Å²) in [6.45, 7) is 1.99. The summed E-state index contributed by atoms with van der Waals surface area (Å²) in [7, 11) is 0. The predicted molar refractivity (Wildman–Crippen MR) is 82.3 cm³/mol. The van der Waals surface area contributed by atoms with Gasteiger partial charge in [0.15, 0.2) is 0 Å². The highest BCUT2D eigenvalue weighted by atomic mass is 16.2. The van der Waals surface area contributed by atoms with E-state index in [1.807, 2.05) is 49.4 Å². The van der Waals surface area contributed by atoms with Crippen LogP contribution in [0.1, 0.15) is 11.1 Å². The molecule has 3 rings (SSSR count). The number of rotatable bonds is 2. The van der Waals surface area contributed by atoms with Gasteiger partial charge in [-0.1, -0.05) is 18.2 Å². The van der Waals surface area contributed by atoms with Crippen LogP contribution in [0.2, 0.25) is 0 Å². The first-order valence-electron chi connectivity index (χ1n) is 6.39. The third-order valence-corrected chi connectivity index (χ3v) is 3.30. The molecule has 0 unspecified atom stereocenters. The van der Waals surface area contributed by atoms with Gasteiger partial charge in [0, 0.05) is 28.8 Å². The van der Waals surface area contributed by atoms with Crippen LogP contribution in [0.3, 0.4) is 0 Å². The van der Waals surface area contributed by atoms with Crippen LogP contribution in [-0.4, -0.2) is 5.91 Å². The van der Waals surface area contributed by atoms with Gasteiger partial charge in [-0.2, -0.15) is 0 Å². The molecule has 1 heterocycles. The first kappa shape index (κ1) is 12.3. The van der Waals surface area contributed by atoms with Gasteiger partial charge in [-0.25, -0.2) is 0 Å². The lowest BCUT2D eigenvalue weighted by atomic mass is 10.0. The molecule has 1 aliphatic rings. The minimum atomic E-state index is -0.0919. The summed E-state index contributed by atoms with van der Waals surface area (Å²) >= 11 is 0. The van der Waals surface area contributed by atoms with E-state index in [1.165, 1.54) is 0 Å². The predicted octanol–water partition coefficient (Wildman–Crippen LogP) is 2.98. The summed E-state index contributed by atoms with van der Waals surface area (Å²) in [6.07, 6.45) is 1.73. The average molecular weight is 265 g/mol. The maximum atomic E-state index is 12.0. The summed E-state index contributed by atoms with van der Waals surface area (Å²) in [4.78, 5) is 12.0. The van der Waals surface area contributed by atoms with Gasteiger partial charge in [-0.05, 0) is 36.8 Å². The molecule has 1 aliphatic heterocycles. The second-order valence-corrected chi connectivity index (χ2v) is 4.78. The standard InChI is InChI=1S/C16H15N3O/c1-10-4-2-7-14-15(10)13(16(20)19-14)9-18-12-6-3-5-11(17)8-12/h2-9,18H,17H2,1H3,(H,19,20)/b13-9+. The zero-order chi connectivity index (χ0) is 14.1. The molecular weight excluding hydrogens is 250 g/mol. The molecular formula is C16H15N3O. The van der Waals surface area contributed by atoms with E-state index >= 15 is 0 Å². The normalized spacial score (nSPS) is 15.1. The van der Waals surface area contributed by atoms with Gasteiger partial charge in [0.2, 0.25) is 0 Å². The number of carbonyl (C=O) groups excluding carboxylic acids is 1. The summed E-state index contributed by atoms with van der Waals surface area (Å²) in [6, 6.07) is 13.2. The van der Waals surface area contributed by atoms with Crippen molar-refractivity contribution >= 4 is 28.5 Å². The number of amides is 1. The molecule has 0 radical (unpaired) electrons. The van der Waals surface area contributed by atoms with Gasteiger partial charge in [0.05, 0.1) is 5.57 Å². The molecule has 0 saturated carbocycles. The molecule has 0 aromatic heterocycles. The van der Waals surface area contributed by atoms with Crippen molar-refractivity contribution in [3.8, 4) is 0 Å². The number of anilines is 3. The SMILES string of the molecule is Cc1cccc2c1/C(=C\Nc1cccc(N)c1)C(=O)N2. The molecule has 0 aliphatic carbocycles. The van der Waals surface area contributed by atoms with E-state index in [1.54, 1.807) is 6.20 Å². The van der Waals surface area contributed by atoms with Crippen molar-refractivity contribution < 1.29 is 4.79 Å². The van der Waals surface area contributed by atoms with E-state index in [0.717, 1.165) is 22.5 Å². The van der Waals surface area contributed by atoms with Crippen LogP contribution in [0.15, 0.2) is 48.7 Å². The minimum Gasteiger partial charge on any atom is -0.399 e. The second-order valence-electron chi connectivity index (χ2n) is 4.78. The molecule has 0 bridgehead atoms. The van der Waals surface area contributed by atoms with Crippen molar-refractivity contribution in [2.24, 2.45) is 0 Å². The number of hydrogen-bond donors (Lipinski definition) is 3. The Labute approximate surface area is 117 Å². The number of fused-ring (bicyclic) bond motifs is 1. The van der Waals surface area contributed by atoms with Crippen molar-refractivity contribution in [3.05, 3.63) is 59.8 Å². The summed E-state index contributed by atoms with van der Waals surface area (Å²) < 4.78 is 0. The molecule has 1 amide bonds. The first-order valence-corrected chi connectivity index (χ1v) is 6.39. The van der Waals surface area contributed by atoms with Crippen molar-refractivity contribution in [1.29, 1.82) is 0 Å². The topological polar surface area (TPSA) is 67.1 Å². The van der Waals surface area contributed by atoms with Gasteiger partial charge >= 0.3 is 0 Å². The van der Waals surface area contributed by atoms with E-state index in [-0.39, 0.29) is 5.91 Å². The lowest BCUT2D eigenvalue weighted by Crippen LogP contribution is -2.05. The van der Waals surface area contributed by atoms with Gasteiger partial charge in [-0.15, -0.1) is 0 Å². The van der Waals surface area contributed by atoms with Gasteiger partial charge in [0.25, 0.3) is 5.91 Å². The van der Waals surface area contributed by atoms with E-state index in [0.29, 0.717) is 11.3 Å². The fourth-order valence-corrected chi connectivity index (χ4v) is 2.35. The molecule has 0 spiro atoms. The molecule has 0 atom stereocenters. The highest BCUT2D eigenvalue weighted by Gasteiger charge is 2.25. The largest absolute Gasteiger partial charge is 0.399 e. The fourth-order valence-electron chi connectivity index (χ4n) is 2.35. The second kappa shape index (κ2) is 4.74. The molecule has 2 aromatic rings. The number of nitrogen functional groups attached to an aromatic ring is 1. The van der Waals surface area contributed by atoms with Crippen molar-refractivity contribution in [1.82, 2.24) is 0 Å². The van der Waals surface area contributed by atoms with Crippen molar-refractivity contribution in [2.45, 2.75) is 6.92 Å². The molecule has 20 heavy (non-hydrogen) atoms. The van der Waals surface area contributed by atoms with Crippen LogP contribution in [0.25, 0.3) is 5.57 Å². The Hall–Kier alpha value is -2.75. The summed E-state index contributed by atoms with van der Waals surface area (Å²) in [5, 5.41) is 5.99. The van der Waals surface area contributed by atoms with Crippen LogP contribution in [0.4, 0.5) is 17.1 Å². The smallest absolute Gasteiger partial charge is 0.257 e. The maximum absolute atomic E-state index is 12.0. The lowest BCUT2D eigenvalue weighted by Gasteiger charge is -2.05. The highest BCUT2D eigenvalue weighted by molar-refractivity contribution is 6.32. The zero-order valence-electron chi connectivity index (χ0n) is 11.1. The third kappa shape index (κ3) is 2.12. The molecule has 100 valence electrons. The average Bonchev–Trinajstić information content (AvgIpc) is 2.74. The molecule has 4 nitrogen and oxygen atoms in total. The fraction of sp³-hybridized carbons (Fsp3) is 0.0625. The number of benzene rings is 2.